The molecule has 1 aliphatic rings. The summed E-state index contributed by atoms with van der Waals surface area (Å²) < 4.78 is 28.7. The molecule has 0 saturated carbocycles. The van der Waals surface area contributed by atoms with E-state index in [1.54, 1.807) is 18.2 Å². The van der Waals surface area contributed by atoms with Crippen LogP contribution in [0.2, 0.25) is 0 Å². The first kappa shape index (κ1) is 10.2. The summed E-state index contributed by atoms with van der Waals surface area (Å²) in [5.41, 5.74) is 6.06. The number of benzene rings is 1. The first-order valence-electron chi connectivity index (χ1n) is 4.43. The molecule has 0 bridgehead atoms. The number of methoxy groups -OCH3 is 1. The molecule has 80 valence electrons. The van der Waals surface area contributed by atoms with Gasteiger partial charge in [-0.15, -0.1) is 0 Å². The van der Waals surface area contributed by atoms with Crippen LogP contribution in [0.25, 0.3) is 6.08 Å². The Morgan fingerprint density at radius 2 is 2.13 bits per heavy atom. The number of sulfone groups is 1. The fourth-order valence-electron chi connectivity index (χ4n) is 1.55. The smallest absolute Gasteiger partial charge is 0.204 e. The predicted molar refractivity (Wildman–Crippen MR) is 57.2 cm³/mol. The number of hydrogen-bond acceptors (Lipinski definition) is 4. The zero-order chi connectivity index (χ0) is 11.1. The van der Waals surface area contributed by atoms with Crippen molar-refractivity contribution in [2.45, 2.75) is 4.90 Å². The standard InChI is InChI=1S/C10H11NO3S/c1-14-8-3-2-7-4-9(6-11)15(12,13)10(7)5-8/h2-5H,6,11H2,1H3. The van der Waals surface area contributed by atoms with Gasteiger partial charge in [0.2, 0.25) is 9.84 Å². The summed E-state index contributed by atoms with van der Waals surface area (Å²) in [6.45, 7) is 0.0271. The van der Waals surface area contributed by atoms with Crippen molar-refractivity contribution in [1.82, 2.24) is 0 Å². The summed E-state index contributed by atoms with van der Waals surface area (Å²) in [4.78, 5) is 0.535. The second-order valence-corrected chi connectivity index (χ2v) is 5.19. The van der Waals surface area contributed by atoms with Gasteiger partial charge in [-0.1, -0.05) is 0 Å². The van der Waals surface area contributed by atoms with Gasteiger partial charge in [-0.25, -0.2) is 8.42 Å². The molecule has 1 aromatic carbocycles. The Morgan fingerprint density at radius 1 is 1.40 bits per heavy atom. The third-order valence-corrected chi connectivity index (χ3v) is 4.28. The highest BCUT2D eigenvalue weighted by Gasteiger charge is 2.28. The predicted octanol–water partition coefficient (Wildman–Crippen LogP) is 0.782. The van der Waals surface area contributed by atoms with Crippen molar-refractivity contribution in [3.05, 3.63) is 28.7 Å². The van der Waals surface area contributed by atoms with Gasteiger partial charge in [-0.05, 0) is 29.8 Å². The molecule has 0 fully saturated rings. The van der Waals surface area contributed by atoms with E-state index >= 15 is 0 Å². The number of fused-ring (bicyclic) bond motifs is 1. The van der Waals surface area contributed by atoms with Gasteiger partial charge in [-0.2, -0.15) is 0 Å². The molecule has 2 rings (SSSR count). The maximum Gasteiger partial charge on any atom is 0.204 e. The molecule has 1 aliphatic heterocycles. The summed E-state index contributed by atoms with van der Waals surface area (Å²) in [5.74, 6) is 0.531. The molecule has 5 heteroatoms. The molecule has 0 spiro atoms. The second kappa shape index (κ2) is 3.36. The monoisotopic (exact) mass is 225 g/mol. The Morgan fingerprint density at radius 3 is 2.73 bits per heavy atom. The topological polar surface area (TPSA) is 69.4 Å². The lowest BCUT2D eigenvalue weighted by atomic mass is 10.2. The second-order valence-electron chi connectivity index (χ2n) is 3.22. The quantitative estimate of drug-likeness (QED) is 0.807. The largest absolute Gasteiger partial charge is 0.497 e. The van der Waals surface area contributed by atoms with Crippen molar-refractivity contribution in [1.29, 1.82) is 0 Å². The number of rotatable bonds is 2. The van der Waals surface area contributed by atoms with E-state index in [2.05, 4.69) is 0 Å². The molecule has 0 atom stereocenters. The van der Waals surface area contributed by atoms with E-state index in [0.29, 0.717) is 11.3 Å². The van der Waals surface area contributed by atoms with Crippen LogP contribution in [0, 0.1) is 0 Å². The van der Waals surface area contributed by atoms with Crippen molar-refractivity contribution in [2.24, 2.45) is 5.73 Å². The lowest BCUT2D eigenvalue weighted by Gasteiger charge is -2.03. The van der Waals surface area contributed by atoms with Gasteiger partial charge in [0.15, 0.2) is 0 Å². The lowest BCUT2D eigenvalue weighted by Crippen LogP contribution is -2.10. The first-order chi connectivity index (χ1) is 7.09. The lowest BCUT2D eigenvalue weighted by molar-refractivity contribution is 0.413. The van der Waals surface area contributed by atoms with Crippen LogP contribution in [0.5, 0.6) is 5.75 Å². The molecule has 0 radical (unpaired) electrons. The third-order valence-electron chi connectivity index (χ3n) is 2.37. The maximum absolute atomic E-state index is 11.9. The molecule has 15 heavy (non-hydrogen) atoms. The fraction of sp³-hybridized carbons (Fsp3) is 0.200. The summed E-state index contributed by atoms with van der Waals surface area (Å²) in [7, 11) is -1.87. The molecule has 1 heterocycles. The Balaban J connectivity index is 2.64. The number of hydrogen-bond donors (Lipinski definition) is 1. The van der Waals surface area contributed by atoms with E-state index in [4.69, 9.17) is 10.5 Å². The van der Waals surface area contributed by atoms with Crippen LogP contribution in [0.3, 0.4) is 0 Å². The summed E-state index contributed by atoms with van der Waals surface area (Å²) in [5, 5.41) is 0. The van der Waals surface area contributed by atoms with Crippen molar-refractivity contribution in [3.8, 4) is 5.75 Å². The SMILES string of the molecule is COc1ccc2c(c1)S(=O)(=O)C(CN)=C2. The highest BCUT2D eigenvalue weighted by atomic mass is 32.2. The molecule has 4 nitrogen and oxygen atoms in total. The van der Waals surface area contributed by atoms with Gasteiger partial charge >= 0.3 is 0 Å². The molecule has 0 amide bonds. The average molecular weight is 225 g/mol. The van der Waals surface area contributed by atoms with E-state index in [9.17, 15) is 8.42 Å². The van der Waals surface area contributed by atoms with Gasteiger partial charge in [0.25, 0.3) is 0 Å². The number of ether oxygens (including phenoxy) is 1. The van der Waals surface area contributed by atoms with E-state index in [1.807, 2.05) is 0 Å². The molecule has 2 N–H and O–H groups in total. The van der Waals surface area contributed by atoms with E-state index in [1.165, 1.54) is 13.2 Å². The molecular weight excluding hydrogens is 214 g/mol. The number of nitrogens with two attached hydrogens (primary N) is 1. The summed E-state index contributed by atoms with van der Waals surface area (Å²) in [6, 6.07) is 4.96. The molecule has 0 unspecified atom stereocenters. The van der Waals surface area contributed by atoms with Crippen molar-refractivity contribution in [2.75, 3.05) is 13.7 Å². The van der Waals surface area contributed by atoms with Gasteiger partial charge < -0.3 is 10.5 Å². The van der Waals surface area contributed by atoms with Crippen LogP contribution >= 0.6 is 0 Å². The van der Waals surface area contributed by atoms with Gasteiger partial charge in [0.05, 0.1) is 16.9 Å². The van der Waals surface area contributed by atoms with Crippen LogP contribution in [0.4, 0.5) is 0 Å². The van der Waals surface area contributed by atoms with Crippen LogP contribution in [0.1, 0.15) is 5.56 Å². The zero-order valence-corrected chi connectivity index (χ0v) is 9.04. The van der Waals surface area contributed by atoms with Gasteiger partial charge in [0, 0.05) is 6.54 Å². The Kier molecular flexibility index (Phi) is 2.28. The highest BCUT2D eigenvalue weighted by Crippen LogP contribution is 2.34. The first-order valence-corrected chi connectivity index (χ1v) is 5.91. The zero-order valence-electron chi connectivity index (χ0n) is 8.23. The van der Waals surface area contributed by atoms with Crippen LogP contribution in [-0.4, -0.2) is 22.1 Å². The van der Waals surface area contributed by atoms with Crippen LogP contribution in [0.15, 0.2) is 28.0 Å². The van der Waals surface area contributed by atoms with Gasteiger partial charge in [-0.3, -0.25) is 0 Å². The molecule has 0 saturated heterocycles. The summed E-state index contributed by atoms with van der Waals surface area (Å²) in [6.07, 6.45) is 1.60. The average Bonchev–Trinajstić information content (AvgIpc) is 2.50. The maximum atomic E-state index is 11.9. The van der Waals surface area contributed by atoms with Crippen molar-refractivity contribution in [3.63, 3.8) is 0 Å². The molecule has 1 aromatic rings. The van der Waals surface area contributed by atoms with Crippen LogP contribution < -0.4 is 10.5 Å². The summed E-state index contributed by atoms with van der Waals surface area (Å²) >= 11 is 0. The van der Waals surface area contributed by atoms with E-state index < -0.39 is 9.84 Å². The fourth-order valence-corrected chi connectivity index (χ4v) is 3.05. The van der Waals surface area contributed by atoms with Crippen molar-refractivity contribution >= 4 is 15.9 Å². The van der Waals surface area contributed by atoms with E-state index in [-0.39, 0.29) is 16.3 Å². The highest BCUT2D eigenvalue weighted by molar-refractivity contribution is 7.95. The molecule has 0 aliphatic carbocycles. The third kappa shape index (κ3) is 1.44. The van der Waals surface area contributed by atoms with Crippen LogP contribution in [-0.2, 0) is 9.84 Å². The minimum absolute atomic E-state index is 0.0271. The molecule has 0 aromatic heterocycles. The van der Waals surface area contributed by atoms with Crippen molar-refractivity contribution < 1.29 is 13.2 Å². The normalized spacial score (nSPS) is 17.1. The molecular formula is C10H11NO3S. The van der Waals surface area contributed by atoms with E-state index in [0.717, 1.165) is 0 Å². The Bertz CT molecular complexity index is 532. The minimum Gasteiger partial charge on any atom is -0.497 e. The Labute approximate surface area is 88.3 Å². The Hall–Kier alpha value is -1.33. The minimum atomic E-state index is -3.37. The van der Waals surface area contributed by atoms with Gasteiger partial charge in [0.1, 0.15) is 5.75 Å².